The van der Waals surface area contributed by atoms with Crippen molar-refractivity contribution in [3.63, 3.8) is 0 Å². The molecular weight excluding hydrogens is 454 g/mol. The summed E-state index contributed by atoms with van der Waals surface area (Å²) in [4.78, 5) is 25.4. The van der Waals surface area contributed by atoms with Crippen LogP contribution in [0.3, 0.4) is 0 Å². The van der Waals surface area contributed by atoms with Crippen molar-refractivity contribution in [2.75, 3.05) is 19.0 Å². The number of rotatable bonds is 9. The van der Waals surface area contributed by atoms with Crippen LogP contribution in [0, 0.1) is 6.92 Å². The Labute approximate surface area is 208 Å². The molecule has 36 heavy (non-hydrogen) atoms. The van der Waals surface area contributed by atoms with E-state index >= 15 is 0 Å². The summed E-state index contributed by atoms with van der Waals surface area (Å²) in [5.74, 6) is 2.32. The monoisotopic (exact) mass is 481 g/mol. The largest absolute Gasteiger partial charge is 0.457 e. The van der Waals surface area contributed by atoms with Gasteiger partial charge >= 0.3 is 0 Å². The highest BCUT2D eigenvalue weighted by Gasteiger charge is 2.10. The maximum absolute atomic E-state index is 12.2. The highest BCUT2D eigenvalue weighted by Crippen LogP contribution is 2.31. The second-order valence-corrected chi connectivity index (χ2v) is 8.75. The molecule has 1 N–H and O–H groups in total. The van der Waals surface area contributed by atoms with Crippen LogP contribution >= 0.6 is 0 Å². The fraction of sp³-hybridized carbons (Fsp3) is 0.214. The lowest BCUT2D eigenvalue weighted by atomic mass is 10.0. The zero-order valence-electron chi connectivity index (χ0n) is 20.5. The van der Waals surface area contributed by atoms with Crippen molar-refractivity contribution >= 4 is 39.2 Å². The first-order chi connectivity index (χ1) is 17.5. The number of anilines is 2. The van der Waals surface area contributed by atoms with Crippen LogP contribution in [0.5, 0.6) is 11.5 Å². The normalized spacial score (nSPS) is 11.2. The number of methoxy groups -OCH3 is 1. The van der Waals surface area contributed by atoms with Crippen LogP contribution in [0.4, 0.5) is 11.5 Å². The molecule has 2 aromatic heterocycles. The number of carbonyl (C=O) groups excluding carboxylic acids is 1. The zero-order valence-corrected chi connectivity index (χ0v) is 20.5. The van der Waals surface area contributed by atoms with Gasteiger partial charge in [-0.2, -0.15) is 0 Å². The standard InChI is InChI=1S/C28H27N5O3/c1-18-12-20(5-9-27(18)36-22-6-8-26-25(15-22)31-17-33(26)2)32-28-23-14-19(13-21(34)10-11-35-3)4-7-24(23)29-16-30-28/h4-9,12,14-17H,10-11,13H2,1-3H3,(H,29,30,32). The number of imidazole rings is 1. The molecule has 0 fully saturated rings. The van der Waals surface area contributed by atoms with Gasteiger partial charge in [-0.15, -0.1) is 0 Å². The van der Waals surface area contributed by atoms with Gasteiger partial charge in [0.25, 0.3) is 0 Å². The van der Waals surface area contributed by atoms with E-state index in [-0.39, 0.29) is 5.78 Å². The van der Waals surface area contributed by atoms with E-state index in [1.54, 1.807) is 13.4 Å². The third-order valence-corrected chi connectivity index (χ3v) is 6.05. The average molecular weight is 482 g/mol. The molecule has 0 saturated heterocycles. The van der Waals surface area contributed by atoms with Gasteiger partial charge in [-0.3, -0.25) is 4.79 Å². The first-order valence-electron chi connectivity index (χ1n) is 11.7. The molecule has 0 bridgehead atoms. The molecule has 0 aliphatic heterocycles. The number of carbonyl (C=O) groups is 1. The summed E-state index contributed by atoms with van der Waals surface area (Å²) in [5, 5.41) is 4.25. The lowest BCUT2D eigenvalue weighted by Gasteiger charge is -2.13. The number of ether oxygens (including phenoxy) is 2. The zero-order chi connectivity index (χ0) is 25.1. The molecular formula is C28H27N5O3. The van der Waals surface area contributed by atoms with Crippen molar-refractivity contribution in [3.05, 3.63) is 78.4 Å². The molecule has 8 heteroatoms. The maximum atomic E-state index is 12.2. The van der Waals surface area contributed by atoms with Gasteiger partial charge in [0.1, 0.15) is 29.4 Å². The Kier molecular flexibility index (Phi) is 6.60. The predicted molar refractivity (Wildman–Crippen MR) is 140 cm³/mol. The fourth-order valence-corrected chi connectivity index (χ4v) is 4.13. The van der Waals surface area contributed by atoms with Crippen molar-refractivity contribution < 1.29 is 14.3 Å². The van der Waals surface area contributed by atoms with Crippen LogP contribution in [0.15, 0.2) is 67.3 Å². The molecule has 3 aromatic carbocycles. The maximum Gasteiger partial charge on any atom is 0.141 e. The van der Waals surface area contributed by atoms with Crippen LogP contribution in [0.25, 0.3) is 21.9 Å². The Morgan fingerprint density at radius 3 is 2.72 bits per heavy atom. The minimum Gasteiger partial charge on any atom is -0.457 e. The molecule has 5 rings (SSSR count). The minimum absolute atomic E-state index is 0.135. The smallest absolute Gasteiger partial charge is 0.141 e. The molecule has 0 unspecified atom stereocenters. The Morgan fingerprint density at radius 2 is 1.89 bits per heavy atom. The van der Waals surface area contributed by atoms with Gasteiger partial charge in [0, 0.05) is 44.1 Å². The number of hydrogen-bond donors (Lipinski definition) is 1. The molecule has 2 heterocycles. The Hall–Kier alpha value is -4.30. The SMILES string of the molecule is COCCC(=O)Cc1ccc2ncnc(Nc3ccc(Oc4ccc5c(c4)ncn5C)c(C)c3)c2c1. The van der Waals surface area contributed by atoms with Crippen molar-refractivity contribution in [1.29, 1.82) is 0 Å². The van der Waals surface area contributed by atoms with Gasteiger partial charge in [-0.05, 0) is 60.5 Å². The summed E-state index contributed by atoms with van der Waals surface area (Å²) < 4.78 is 13.1. The lowest BCUT2D eigenvalue weighted by molar-refractivity contribution is -0.119. The van der Waals surface area contributed by atoms with Gasteiger partial charge < -0.3 is 19.4 Å². The number of ketones is 1. The molecule has 0 aliphatic rings. The molecule has 182 valence electrons. The fourth-order valence-electron chi connectivity index (χ4n) is 4.13. The molecule has 0 aliphatic carbocycles. The number of hydrogen-bond acceptors (Lipinski definition) is 7. The van der Waals surface area contributed by atoms with E-state index in [9.17, 15) is 4.79 Å². The van der Waals surface area contributed by atoms with Gasteiger partial charge in [-0.25, -0.2) is 15.0 Å². The van der Waals surface area contributed by atoms with Gasteiger partial charge in [0.15, 0.2) is 0 Å². The second-order valence-electron chi connectivity index (χ2n) is 8.75. The van der Waals surface area contributed by atoms with Gasteiger partial charge in [-0.1, -0.05) is 6.07 Å². The Balaban J connectivity index is 1.35. The highest BCUT2D eigenvalue weighted by molar-refractivity contribution is 5.92. The van der Waals surface area contributed by atoms with Crippen LogP contribution in [-0.2, 0) is 23.0 Å². The third kappa shape index (κ3) is 5.04. The van der Waals surface area contributed by atoms with E-state index in [4.69, 9.17) is 9.47 Å². The lowest BCUT2D eigenvalue weighted by Crippen LogP contribution is -2.06. The van der Waals surface area contributed by atoms with E-state index in [0.717, 1.165) is 50.2 Å². The summed E-state index contributed by atoms with van der Waals surface area (Å²) in [7, 11) is 3.57. The van der Waals surface area contributed by atoms with Crippen LogP contribution < -0.4 is 10.1 Å². The molecule has 0 amide bonds. The van der Waals surface area contributed by atoms with E-state index < -0.39 is 0 Å². The summed E-state index contributed by atoms with van der Waals surface area (Å²) in [6.07, 6.45) is 4.07. The van der Waals surface area contributed by atoms with Crippen molar-refractivity contribution in [3.8, 4) is 11.5 Å². The Morgan fingerprint density at radius 1 is 1.00 bits per heavy atom. The van der Waals surface area contributed by atoms with Gasteiger partial charge in [0.2, 0.25) is 0 Å². The van der Waals surface area contributed by atoms with Crippen LogP contribution in [0.2, 0.25) is 0 Å². The van der Waals surface area contributed by atoms with E-state index in [0.29, 0.717) is 25.3 Å². The number of aromatic nitrogens is 4. The van der Waals surface area contributed by atoms with Crippen molar-refractivity contribution in [1.82, 2.24) is 19.5 Å². The summed E-state index contributed by atoms with van der Waals surface area (Å²) in [6, 6.07) is 17.6. The number of nitrogens with one attached hydrogen (secondary N) is 1. The van der Waals surface area contributed by atoms with Gasteiger partial charge in [0.05, 0.1) is 29.5 Å². The highest BCUT2D eigenvalue weighted by atomic mass is 16.5. The molecule has 8 nitrogen and oxygen atoms in total. The van der Waals surface area contributed by atoms with E-state index in [2.05, 4.69) is 20.3 Å². The van der Waals surface area contributed by atoms with E-state index in [1.165, 1.54) is 6.33 Å². The average Bonchev–Trinajstić information content (AvgIpc) is 3.24. The first-order valence-corrected chi connectivity index (χ1v) is 11.7. The summed E-state index contributed by atoms with van der Waals surface area (Å²) >= 11 is 0. The van der Waals surface area contributed by atoms with Crippen LogP contribution in [-0.4, -0.2) is 39.0 Å². The number of nitrogens with zero attached hydrogens (tertiary/aromatic N) is 4. The molecule has 0 atom stereocenters. The number of benzene rings is 3. The topological polar surface area (TPSA) is 91.2 Å². The number of Topliss-reactive ketones (excluding diaryl/α,β-unsaturated/α-hetero) is 1. The quantitative estimate of drug-likeness (QED) is 0.297. The molecule has 5 aromatic rings. The molecule has 0 saturated carbocycles. The van der Waals surface area contributed by atoms with E-state index in [1.807, 2.05) is 73.1 Å². The Bertz CT molecular complexity index is 1560. The third-order valence-electron chi connectivity index (χ3n) is 6.05. The number of fused-ring (bicyclic) bond motifs is 2. The first kappa shape index (κ1) is 23.4. The minimum atomic E-state index is 0.135. The van der Waals surface area contributed by atoms with Crippen LogP contribution in [0.1, 0.15) is 17.5 Å². The second kappa shape index (κ2) is 10.1. The summed E-state index contributed by atoms with van der Waals surface area (Å²) in [5.41, 5.74) is 5.53. The van der Waals surface area contributed by atoms with Crippen molar-refractivity contribution in [2.24, 2.45) is 7.05 Å². The summed E-state index contributed by atoms with van der Waals surface area (Å²) in [6.45, 7) is 2.43. The molecule has 0 spiro atoms. The van der Waals surface area contributed by atoms with Crippen molar-refractivity contribution in [2.45, 2.75) is 19.8 Å². The molecule has 0 radical (unpaired) electrons. The predicted octanol–water partition coefficient (Wildman–Crippen LogP) is 5.51. The number of aryl methyl sites for hydroxylation is 2.